The van der Waals surface area contributed by atoms with Crippen molar-refractivity contribution in [1.82, 2.24) is 0 Å². The van der Waals surface area contributed by atoms with E-state index < -0.39 is 20.5 Å². The van der Waals surface area contributed by atoms with Gasteiger partial charge in [-0.1, -0.05) is 18.0 Å². The lowest BCUT2D eigenvalue weighted by atomic mass is 9.64. The molecule has 1 aliphatic rings. The molecular formula is C12H15ClFNO2S. The fourth-order valence-corrected chi connectivity index (χ4v) is 3.89. The minimum Gasteiger partial charge on any atom is -0.330 e. The smallest absolute Gasteiger partial charge is 0.179 e. The molecule has 0 spiro atoms. The Kier molecular flexibility index (Phi) is 3.42. The van der Waals surface area contributed by atoms with Crippen molar-refractivity contribution in [2.75, 3.05) is 12.8 Å². The molecule has 6 heteroatoms. The average molecular weight is 292 g/mol. The Balaban J connectivity index is 2.56. The SMILES string of the molecule is CS(=O)(=O)c1c(F)cc(C2(CN)CCC2)cc1Cl. The van der Waals surface area contributed by atoms with Gasteiger partial charge in [0.1, 0.15) is 10.7 Å². The number of benzene rings is 1. The zero-order valence-corrected chi connectivity index (χ0v) is 11.6. The van der Waals surface area contributed by atoms with E-state index in [1.54, 1.807) is 0 Å². The van der Waals surface area contributed by atoms with Crippen LogP contribution in [0.3, 0.4) is 0 Å². The third-order valence-electron chi connectivity index (χ3n) is 3.68. The molecule has 18 heavy (non-hydrogen) atoms. The third kappa shape index (κ3) is 2.15. The van der Waals surface area contributed by atoms with Crippen LogP contribution in [0, 0.1) is 5.82 Å². The lowest BCUT2D eigenvalue weighted by Gasteiger charge is -2.41. The monoisotopic (exact) mass is 291 g/mol. The Morgan fingerprint density at radius 1 is 1.44 bits per heavy atom. The topological polar surface area (TPSA) is 60.2 Å². The molecule has 2 N–H and O–H groups in total. The molecule has 0 bridgehead atoms. The van der Waals surface area contributed by atoms with E-state index in [9.17, 15) is 12.8 Å². The van der Waals surface area contributed by atoms with Crippen LogP contribution in [0.2, 0.25) is 5.02 Å². The fraction of sp³-hybridized carbons (Fsp3) is 0.500. The van der Waals surface area contributed by atoms with Crippen LogP contribution in [-0.4, -0.2) is 21.2 Å². The van der Waals surface area contributed by atoms with Crippen molar-refractivity contribution in [2.24, 2.45) is 5.73 Å². The van der Waals surface area contributed by atoms with E-state index in [0.717, 1.165) is 25.5 Å². The zero-order chi connectivity index (χ0) is 13.6. The minimum atomic E-state index is -3.66. The second-order valence-electron chi connectivity index (χ2n) is 4.88. The first-order valence-electron chi connectivity index (χ1n) is 5.70. The highest BCUT2D eigenvalue weighted by Gasteiger charge is 2.38. The van der Waals surface area contributed by atoms with Gasteiger partial charge in [0.2, 0.25) is 0 Å². The molecule has 0 aliphatic heterocycles. The van der Waals surface area contributed by atoms with Crippen molar-refractivity contribution < 1.29 is 12.8 Å². The normalized spacial score (nSPS) is 18.4. The van der Waals surface area contributed by atoms with Crippen LogP contribution < -0.4 is 5.73 Å². The van der Waals surface area contributed by atoms with Gasteiger partial charge in [-0.05, 0) is 30.5 Å². The summed E-state index contributed by atoms with van der Waals surface area (Å²) in [6.45, 7) is 0.418. The van der Waals surface area contributed by atoms with Gasteiger partial charge in [0.15, 0.2) is 9.84 Å². The second-order valence-corrected chi connectivity index (χ2v) is 7.24. The van der Waals surface area contributed by atoms with Crippen molar-refractivity contribution in [1.29, 1.82) is 0 Å². The molecule has 1 aliphatic carbocycles. The molecule has 0 aromatic heterocycles. The number of halogens is 2. The van der Waals surface area contributed by atoms with Crippen LogP contribution >= 0.6 is 11.6 Å². The fourth-order valence-electron chi connectivity index (χ4n) is 2.43. The molecule has 1 fully saturated rings. The maximum Gasteiger partial charge on any atom is 0.179 e. The Bertz CT molecular complexity index is 553. The summed E-state index contributed by atoms with van der Waals surface area (Å²) >= 11 is 5.90. The molecule has 0 unspecified atom stereocenters. The summed E-state index contributed by atoms with van der Waals surface area (Å²) in [5, 5.41) is -0.0628. The van der Waals surface area contributed by atoms with Gasteiger partial charge in [-0.3, -0.25) is 0 Å². The number of hydrogen-bond acceptors (Lipinski definition) is 3. The van der Waals surface area contributed by atoms with Crippen LogP contribution in [0.25, 0.3) is 0 Å². The molecule has 0 heterocycles. The highest BCUT2D eigenvalue weighted by Crippen LogP contribution is 2.44. The van der Waals surface area contributed by atoms with Gasteiger partial charge in [-0.25, -0.2) is 12.8 Å². The second kappa shape index (κ2) is 4.47. The number of sulfone groups is 1. The van der Waals surface area contributed by atoms with Crippen LogP contribution in [0.15, 0.2) is 17.0 Å². The summed E-state index contributed by atoms with van der Waals surface area (Å²) in [4.78, 5) is -0.431. The van der Waals surface area contributed by atoms with Gasteiger partial charge in [0, 0.05) is 18.2 Å². The maximum atomic E-state index is 13.9. The summed E-state index contributed by atoms with van der Waals surface area (Å²) in [5.74, 6) is -0.792. The molecule has 1 aromatic rings. The summed E-state index contributed by atoms with van der Waals surface area (Å²) in [5.41, 5.74) is 6.21. The molecule has 3 nitrogen and oxygen atoms in total. The van der Waals surface area contributed by atoms with Crippen LogP contribution in [0.5, 0.6) is 0 Å². The Morgan fingerprint density at radius 2 is 2.06 bits per heavy atom. The summed E-state index contributed by atoms with van der Waals surface area (Å²) in [6.07, 6.45) is 3.76. The van der Waals surface area contributed by atoms with Crippen molar-refractivity contribution in [3.8, 4) is 0 Å². The van der Waals surface area contributed by atoms with Gasteiger partial charge in [0.05, 0.1) is 5.02 Å². The largest absolute Gasteiger partial charge is 0.330 e. The summed E-state index contributed by atoms with van der Waals surface area (Å²) in [7, 11) is -3.66. The number of nitrogens with two attached hydrogens (primary N) is 1. The van der Waals surface area contributed by atoms with Crippen molar-refractivity contribution in [3.63, 3.8) is 0 Å². The van der Waals surface area contributed by atoms with Crippen molar-refractivity contribution in [3.05, 3.63) is 28.5 Å². The lowest BCUT2D eigenvalue weighted by molar-refractivity contribution is 0.252. The summed E-state index contributed by atoms with van der Waals surface area (Å²) in [6, 6.07) is 2.79. The van der Waals surface area contributed by atoms with E-state index >= 15 is 0 Å². The highest BCUT2D eigenvalue weighted by atomic mass is 35.5. The van der Waals surface area contributed by atoms with E-state index in [2.05, 4.69) is 0 Å². The zero-order valence-electron chi connectivity index (χ0n) is 10.0. The average Bonchev–Trinajstić information content (AvgIpc) is 2.12. The Hall–Kier alpha value is -0.650. The molecule has 1 aromatic carbocycles. The molecule has 2 rings (SSSR count). The lowest BCUT2D eigenvalue weighted by Crippen LogP contribution is -2.41. The third-order valence-corrected chi connectivity index (χ3v) is 5.25. The molecule has 0 atom stereocenters. The summed E-state index contributed by atoms with van der Waals surface area (Å²) < 4.78 is 36.8. The standard InChI is InChI=1S/C12H15ClFNO2S/c1-18(16,17)11-9(13)5-8(6-10(11)14)12(7-15)3-2-4-12/h5-6H,2-4,7,15H2,1H3. The van der Waals surface area contributed by atoms with Gasteiger partial charge in [0.25, 0.3) is 0 Å². The van der Waals surface area contributed by atoms with Gasteiger partial charge >= 0.3 is 0 Å². The molecule has 0 radical (unpaired) electrons. The molecule has 0 saturated heterocycles. The Labute approximate surface area is 111 Å². The van der Waals surface area contributed by atoms with Gasteiger partial charge in [-0.2, -0.15) is 0 Å². The van der Waals surface area contributed by atoms with E-state index in [-0.39, 0.29) is 10.4 Å². The van der Waals surface area contributed by atoms with E-state index in [0.29, 0.717) is 12.1 Å². The highest BCUT2D eigenvalue weighted by molar-refractivity contribution is 7.90. The van der Waals surface area contributed by atoms with Crippen LogP contribution in [0.1, 0.15) is 24.8 Å². The van der Waals surface area contributed by atoms with Crippen molar-refractivity contribution >= 4 is 21.4 Å². The Morgan fingerprint density at radius 3 is 2.39 bits per heavy atom. The quantitative estimate of drug-likeness (QED) is 0.929. The first-order chi connectivity index (χ1) is 8.30. The molecule has 0 amide bonds. The van der Waals surface area contributed by atoms with E-state index in [1.807, 2.05) is 0 Å². The maximum absolute atomic E-state index is 13.9. The molecule has 100 valence electrons. The van der Waals surface area contributed by atoms with Gasteiger partial charge in [-0.15, -0.1) is 0 Å². The predicted octanol–water partition coefficient (Wildman–Crippen LogP) is 2.26. The van der Waals surface area contributed by atoms with Crippen LogP contribution in [-0.2, 0) is 15.3 Å². The first-order valence-corrected chi connectivity index (χ1v) is 7.97. The van der Waals surface area contributed by atoms with Gasteiger partial charge < -0.3 is 5.73 Å². The van der Waals surface area contributed by atoms with Crippen molar-refractivity contribution in [2.45, 2.75) is 29.6 Å². The van der Waals surface area contributed by atoms with Crippen LogP contribution in [0.4, 0.5) is 4.39 Å². The molecular weight excluding hydrogens is 277 g/mol. The molecule has 1 saturated carbocycles. The minimum absolute atomic E-state index is 0.0628. The first kappa shape index (κ1) is 13.8. The predicted molar refractivity (Wildman–Crippen MR) is 69.1 cm³/mol. The van der Waals surface area contributed by atoms with E-state index in [1.165, 1.54) is 12.1 Å². The number of rotatable bonds is 3. The van der Waals surface area contributed by atoms with E-state index in [4.69, 9.17) is 17.3 Å². The number of hydrogen-bond donors (Lipinski definition) is 1.